The smallest absolute Gasteiger partial charge is 0.170 e. The predicted octanol–water partition coefficient (Wildman–Crippen LogP) is 26.1. The van der Waals surface area contributed by atoms with Gasteiger partial charge in [-0.15, -0.1) is 0 Å². The molecule has 14 nitrogen and oxygen atoms in total. The summed E-state index contributed by atoms with van der Waals surface area (Å²) in [7, 11) is 0. The Morgan fingerprint density at radius 1 is 0.103 bits per heavy atom. The molecule has 0 aliphatic heterocycles. The molecule has 0 aliphatic rings. The molecular formula is C112H94O14. The lowest BCUT2D eigenvalue weighted by atomic mass is 10.00. The van der Waals surface area contributed by atoms with Gasteiger partial charge in [-0.25, -0.2) is 0 Å². The third-order valence-electron chi connectivity index (χ3n) is 20.9. The molecule has 0 spiro atoms. The van der Waals surface area contributed by atoms with Crippen LogP contribution in [-0.4, -0.2) is 0 Å². The number of rotatable bonds is 42. The van der Waals surface area contributed by atoms with E-state index in [1.54, 1.807) is 0 Å². The Kier molecular flexibility index (Phi) is 27.8. The summed E-state index contributed by atoms with van der Waals surface area (Å²) < 4.78 is 94.1. The van der Waals surface area contributed by atoms with E-state index in [0.29, 0.717) is 133 Å². The molecule has 0 atom stereocenters. The zero-order chi connectivity index (χ0) is 84.9. The van der Waals surface area contributed by atoms with E-state index in [1.165, 1.54) is 0 Å². The van der Waals surface area contributed by atoms with Crippen LogP contribution in [0.3, 0.4) is 0 Å². The Morgan fingerprint density at radius 3 is 0.373 bits per heavy atom. The van der Waals surface area contributed by atoms with Crippen LogP contribution in [0.15, 0.2) is 400 Å². The molecule has 126 heavy (non-hydrogen) atoms. The van der Waals surface area contributed by atoms with E-state index in [9.17, 15) is 0 Å². The maximum atomic E-state index is 7.32. The van der Waals surface area contributed by atoms with Gasteiger partial charge in [0.1, 0.15) is 161 Å². The fourth-order valence-electron chi connectivity index (χ4n) is 14.6. The zero-order valence-corrected chi connectivity index (χ0v) is 69.7. The molecule has 0 aliphatic carbocycles. The standard InChI is InChI=1S/C112H94O14/c1-9-29-81(30-10-1)67-113-95-49-89(50-96(61-95)114-68-82-31-11-2-12-32-82)75-121-103-57-93(58-104(65-103)122-76-90-51-97(115-69-83-33-13-3-14-34-83)62-98(52-90)116-70-84-35-15-4-16-36-84)79-125-111-109-47-27-25-45-107(109)108-46-26-28-48-110(108)112(111)126-80-94-59-105(123-77-91-53-99(117-71-85-37-17-5-18-38-85)63-100(54-91)118-72-86-39-19-6-20-40-86)66-106(60-94)124-78-92-55-101(119-73-87-41-21-7-22-42-87)64-102(56-92)120-74-88-43-23-8-24-44-88/h1-66H,67-80H2. The van der Waals surface area contributed by atoms with Gasteiger partial charge in [-0.2, -0.15) is 0 Å². The topological polar surface area (TPSA) is 129 Å². The van der Waals surface area contributed by atoms with Crippen molar-refractivity contribution in [2.24, 2.45) is 0 Å². The minimum Gasteiger partial charge on any atom is -0.489 e. The van der Waals surface area contributed by atoms with Gasteiger partial charge < -0.3 is 66.3 Å². The quantitative estimate of drug-likeness (QED) is 0.0337. The number of hydrogen-bond acceptors (Lipinski definition) is 14. The van der Waals surface area contributed by atoms with Gasteiger partial charge in [-0.05, 0) is 161 Å². The maximum Gasteiger partial charge on any atom is 0.170 e. The van der Waals surface area contributed by atoms with Gasteiger partial charge in [0.2, 0.25) is 0 Å². The third kappa shape index (κ3) is 24.0. The summed E-state index contributed by atoms with van der Waals surface area (Å²) in [4.78, 5) is 0. The molecule has 0 N–H and O–H groups in total. The molecule has 0 heterocycles. The Labute approximate surface area is 734 Å². The second-order valence-corrected chi connectivity index (χ2v) is 30.6. The van der Waals surface area contributed by atoms with E-state index in [1.807, 2.05) is 376 Å². The average Bonchev–Trinajstić information content (AvgIpc) is 0.752. The van der Waals surface area contributed by atoms with Crippen LogP contribution in [0, 0.1) is 0 Å². The zero-order valence-electron chi connectivity index (χ0n) is 69.7. The molecule has 0 bridgehead atoms. The fraction of sp³-hybridized carbons (Fsp3) is 0.125. The molecule has 0 aromatic heterocycles. The molecule has 0 radical (unpaired) electrons. The van der Waals surface area contributed by atoms with Gasteiger partial charge in [0.05, 0.1) is 0 Å². The molecule has 17 aromatic rings. The van der Waals surface area contributed by atoms with E-state index < -0.39 is 0 Å². The van der Waals surface area contributed by atoms with Crippen molar-refractivity contribution >= 4 is 21.5 Å². The van der Waals surface area contributed by atoms with Crippen LogP contribution >= 0.6 is 0 Å². The monoisotopic (exact) mass is 1660 g/mol. The molecule has 17 aromatic carbocycles. The van der Waals surface area contributed by atoms with E-state index in [-0.39, 0.29) is 39.6 Å². The highest BCUT2D eigenvalue weighted by Gasteiger charge is 2.21. The number of benzene rings is 17. The van der Waals surface area contributed by atoms with Crippen LogP contribution in [0.4, 0.5) is 0 Å². The van der Waals surface area contributed by atoms with Crippen molar-refractivity contribution in [3.63, 3.8) is 0 Å². The molecule has 0 fully saturated rings. The van der Waals surface area contributed by atoms with Crippen molar-refractivity contribution in [1.29, 1.82) is 0 Å². The van der Waals surface area contributed by atoms with E-state index in [4.69, 9.17) is 66.3 Å². The minimum atomic E-state index is 0.0587. The first kappa shape index (κ1) is 82.8. The largest absolute Gasteiger partial charge is 0.489 e. The van der Waals surface area contributed by atoms with Gasteiger partial charge in [-0.3, -0.25) is 0 Å². The summed E-state index contributed by atoms with van der Waals surface area (Å²) in [5.74, 6) is 8.28. The highest BCUT2D eigenvalue weighted by Crippen LogP contribution is 2.46. The van der Waals surface area contributed by atoms with Gasteiger partial charge in [0.25, 0.3) is 0 Å². The van der Waals surface area contributed by atoms with Gasteiger partial charge >= 0.3 is 0 Å². The van der Waals surface area contributed by atoms with Crippen LogP contribution in [0.2, 0.25) is 0 Å². The Balaban J connectivity index is 0.695. The number of hydrogen-bond donors (Lipinski definition) is 0. The molecule has 0 saturated carbocycles. The summed E-state index contributed by atoms with van der Waals surface area (Å²) in [5, 5.41) is 3.66. The van der Waals surface area contributed by atoms with E-state index in [2.05, 4.69) is 24.3 Å². The average molecular weight is 1660 g/mol. The van der Waals surface area contributed by atoms with Crippen molar-refractivity contribution in [2.45, 2.75) is 92.5 Å². The summed E-state index contributed by atoms with van der Waals surface area (Å²) in [6, 6.07) is 133. The molecule has 0 saturated heterocycles. The van der Waals surface area contributed by atoms with E-state index in [0.717, 1.165) is 99.4 Å². The van der Waals surface area contributed by atoms with Gasteiger partial charge in [0.15, 0.2) is 11.5 Å². The van der Waals surface area contributed by atoms with E-state index >= 15 is 0 Å². The summed E-state index contributed by atoms with van der Waals surface area (Å²) >= 11 is 0. The SMILES string of the molecule is c1ccc(COc2cc(COc3cc(COc4c(OCc5cc(OCc6cc(OCc7ccccc7)cc(OCc7ccccc7)c6)cc(OCc6cc(OCc7ccccc7)cc(OCc7ccccc7)c6)c5)c5ccccc5c5ccccc45)cc(OCc4cc(OCc5ccccc5)cc(OCc5ccccc5)c4)c3)cc(OCc3ccccc3)c2)cc1. The number of ether oxygens (including phenoxy) is 14. The minimum absolute atomic E-state index is 0.0587. The van der Waals surface area contributed by atoms with Crippen molar-refractivity contribution < 1.29 is 66.3 Å². The lowest BCUT2D eigenvalue weighted by Gasteiger charge is -2.20. The Bertz CT molecular complexity index is 5400. The van der Waals surface area contributed by atoms with Crippen LogP contribution in [0.5, 0.6) is 80.5 Å². The van der Waals surface area contributed by atoms with Crippen LogP contribution in [0.25, 0.3) is 21.5 Å². The lowest BCUT2D eigenvalue weighted by Crippen LogP contribution is -2.05. The first-order valence-corrected chi connectivity index (χ1v) is 42.2. The van der Waals surface area contributed by atoms with Gasteiger partial charge in [-0.1, -0.05) is 291 Å². The first-order valence-electron chi connectivity index (χ1n) is 42.2. The summed E-state index contributed by atoms with van der Waals surface area (Å²) in [5.41, 5.74) is 13.1. The van der Waals surface area contributed by atoms with Gasteiger partial charge in [0, 0.05) is 47.2 Å². The van der Waals surface area contributed by atoms with Crippen LogP contribution < -0.4 is 66.3 Å². The van der Waals surface area contributed by atoms with Crippen molar-refractivity contribution in [1.82, 2.24) is 0 Å². The summed E-state index contributed by atoms with van der Waals surface area (Å²) in [6.45, 7) is 3.60. The van der Waals surface area contributed by atoms with Crippen LogP contribution in [-0.2, 0) is 92.5 Å². The lowest BCUT2D eigenvalue weighted by molar-refractivity contribution is 0.255. The molecule has 0 unspecified atom stereocenters. The molecule has 626 valence electrons. The normalized spacial score (nSPS) is 11.0. The maximum absolute atomic E-state index is 7.32. The third-order valence-corrected chi connectivity index (χ3v) is 20.9. The molecular weight excluding hydrogens is 1570 g/mol. The second kappa shape index (κ2) is 42.3. The van der Waals surface area contributed by atoms with Crippen molar-refractivity contribution in [3.8, 4) is 80.5 Å². The Hall–Kier alpha value is -15.5. The predicted molar refractivity (Wildman–Crippen MR) is 492 cm³/mol. The molecule has 14 heteroatoms. The molecule has 17 rings (SSSR count). The number of fused-ring (bicyclic) bond motifs is 3. The van der Waals surface area contributed by atoms with Crippen molar-refractivity contribution in [2.75, 3.05) is 0 Å². The second-order valence-electron chi connectivity index (χ2n) is 30.6. The highest BCUT2D eigenvalue weighted by molar-refractivity contribution is 6.13. The fourth-order valence-corrected chi connectivity index (χ4v) is 14.6. The Morgan fingerprint density at radius 2 is 0.222 bits per heavy atom. The first-order chi connectivity index (χ1) is 62.3. The highest BCUT2D eigenvalue weighted by atomic mass is 16.5. The molecule has 0 amide bonds. The summed E-state index contributed by atoms with van der Waals surface area (Å²) in [6.07, 6.45) is 0. The van der Waals surface area contributed by atoms with Crippen LogP contribution in [0.1, 0.15) is 77.9 Å². The van der Waals surface area contributed by atoms with Crippen molar-refractivity contribution in [3.05, 3.63) is 478 Å².